The number of alkyl halides is 2. The molecule has 16 heavy (non-hydrogen) atoms. The third-order valence-corrected chi connectivity index (χ3v) is 3.77. The summed E-state index contributed by atoms with van der Waals surface area (Å²) in [7, 11) is 0. The van der Waals surface area contributed by atoms with Gasteiger partial charge < -0.3 is 4.90 Å². The molecule has 0 radical (unpaired) electrons. The number of carbonyl (C=O) groups excluding carboxylic acids is 1. The van der Waals surface area contributed by atoms with Crippen molar-refractivity contribution in [2.45, 2.75) is 11.9 Å². The summed E-state index contributed by atoms with van der Waals surface area (Å²) in [5, 5.41) is -0.457. The van der Waals surface area contributed by atoms with Crippen LogP contribution in [0.3, 0.4) is 0 Å². The molecule has 1 heterocycles. The Kier molecular flexibility index (Phi) is 3.72. The Labute approximate surface area is 105 Å². The minimum absolute atomic E-state index is 0.00355. The molecule has 2 rings (SSSR count). The van der Waals surface area contributed by atoms with Crippen LogP contribution >= 0.6 is 23.2 Å². The van der Waals surface area contributed by atoms with Gasteiger partial charge in [-0.25, -0.2) is 0 Å². The Morgan fingerprint density at radius 3 is 2.56 bits per heavy atom. The standard InChI is InChI=1S/C12H13Cl2NO/c13-6-10-8-15(12(16)11(10)14)7-9-4-2-1-3-5-9/h1-5,10-11H,6-8H2. The number of nitrogens with zero attached hydrogens (tertiary/aromatic N) is 1. The molecule has 1 fully saturated rings. The number of benzene rings is 1. The molecule has 0 N–H and O–H groups in total. The van der Waals surface area contributed by atoms with Crippen LogP contribution in [-0.2, 0) is 11.3 Å². The molecule has 1 aromatic carbocycles. The van der Waals surface area contributed by atoms with Crippen LogP contribution in [0.5, 0.6) is 0 Å². The highest BCUT2D eigenvalue weighted by Crippen LogP contribution is 2.25. The highest BCUT2D eigenvalue weighted by Gasteiger charge is 2.38. The molecule has 1 amide bonds. The Morgan fingerprint density at radius 2 is 2.00 bits per heavy atom. The van der Waals surface area contributed by atoms with Gasteiger partial charge in [-0.1, -0.05) is 30.3 Å². The molecule has 0 spiro atoms. The normalized spacial score (nSPS) is 25.1. The van der Waals surface area contributed by atoms with Crippen LogP contribution in [0.2, 0.25) is 0 Å². The summed E-state index contributed by atoms with van der Waals surface area (Å²) in [6.07, 6.45) is 0. The minimum atomic E-state index is -0.457. The number of carbonyl (C=O) groups is 1. The average Bonchev–Trinajstić information content (AvgIpc) is 2.58. The van der Waals surface area contributed by atoms with Gasteiger partial charge >= 0.3 is 0 Å². The van der Waals surface area contributed by atoms with Gasteiger partial charge in [-0.05, 0) is 5.56 Å². The monoisotopic (exact) mass is 257 g/mol. The van der Waals surface area contributed by atoms with Crippen molar-refractivity contribution in [2.75, 3.05) is 12.4 Å². The molecule has 1 aromatic rings. The van der Waals surface area contributed by atoms with E-state index in [4.69, 9.17) is 23.2 Å². The van der Waals surface area contributed by atoms with Gasteiger partial charge in [0.2, 0.25) is 5.91 Å². The molecule has 0 saturated carbocycles. The van der Waals surface area contributed by atoms with Gasteiger partial charge in [-0.2, -0.15) is 0 Å². The first-order valence-electron chi connectivity index (χ1n) is 5.25. The van der Waals surface area contributed by atoms with Crippen molar-refractivity contribution < 1.29 is 4.79 Å². The Morgan fingerprint density at radius 1 is 1.31 bits per heavy atom. The molecule has 2 atom stereocenters. The lowest BCUT2D eigenvalue weighted by molar-refractivity contribution is -0.127. The summed E-state index contributed by atoms with van der Waals surface area (Å²) in [6.45, 7) is 1.28. The van der Waals surface area contributed by atoms with E-state index in [0.29, 0.717) is 19.0 Å². The molecule has 0 aliphatic carbocycles. The first kappa shape index (κ1) is 11.7. The number of hydrogen-bond acceptors (Lipinski definition) is 1. The van der Waals surface area contributed by atoms with E-state index in [-0.39, 0.29) is 11.8 Å². The summed E-state index contributed by atoms with van der Waals surface area (Å²) in [6, 6.07) is 9.90. The van der Waals surface area contributed by atoms with Gasteiger partial charge in [-0.15, -0.1) is 23.2 Å². The zero-order valence-corrected chi connectivity index (χ0v) is 10.3. The Hall–Kier alpha value is -0.730. The maximum Gasteiger partial charge on any atom is 0.241 e. The summed E-state index contributed by atoms with van der Waals surface area (Å²) in [4.78, 5) is 13.6. The molecular formula is C12H13Cl2NO. The fourth-order valence-electron chi connectivity index (χ4n) is 1.91. The van der Waals surface area contributed by atoms with Gasteiger partial charge in [0.25, 0.3) is 0 Å². The van der Waals surface area contributed by atoms with Gasteiger partial charge in [-0.3, -0.25) is 4.79 Å². The number of hydrogen-bond donors (Lipinski definition) is 0. The third kappa shape index (κ3) is 2.33. The zero-order chi connectivity index (χ0) is 11.5. The second-order valence-electron chi connectivity index (χ2n) is 4.02. The first-order chi connectivity index (χ1) is 7.72. The maximum absolute atomic E-state index is 11.8. The van der Waals surface area contributed by atoms with E-state index in [2.05, 4.69) is 0 Å². The lowest BCUT2D eigenvalue weighted by Crippen LogP contribution is -2.26. The fraction of sp³-hybridized carbons (Fsp3) is 0.417. The first-order valence-corrected chi connectivity index (χ1v) is 6.22. The predicted molar refractivity (Wildman–Crippen MR) is 65.7 cm³/mol. The highest BCUT2D eigenvalue weighted by atomic mass is 35.5. The van der Waals surface area contributed by atoms with Gasteiger partial charge in [0.1, 0.15) is 5.38 Å². The average molecular weight is 258 g/mol. The SMILES string of the molecule is O=C1C(Cl)C(CCl)CN1Cc1ccccc1. The van der Waals surface area contributed by atoms with Crippen molar-refractivity contribution >= 4 is 29.1 Å². The van der Waals surface area contributed by atoms with E-state index in [1.165, 1.54) is 0 Å². The molecule has 2 nitrogen and oxygen atoms in total. The number of amides is 1. The molecule has 1 aliphatic rings. The van der Waals surface area contributed by atoms with Crippen LogP contribution in [0.4, 0.5) is 0 Å². The molecular weight excluding hydrogens is 245 g/mol. The van der Waals surface area contributed by atoms with Crippen LogP contribution in [0.1, 0.15) is 5.56 Å². The zero-order valence-electron chi connectivity index (χ0n) is 8.77. The summed E-state index contributed by atoms with van der Waals surface area (Å²) in [5.74, 6) is 0.501. The van der Waals surface area contributed by atoms with E-state index >= 15 is 0 Å². The predicted octanol–water partition coefficient (Wildman–Crippen LogP) is 2.49. The summed E-state index contributed by atoms with van der Waals surface area (Å²) >= 11 is 11.8. The van der Waals surface area contributed by atoms with Crippen molar-refractivity contribution in [3.63, 3.8) is 0 Å². The lowest BCUT2D eigenvalue weighted by atomic mass is 10.1. The number of rotatable bonds is 3. The largest absolute Gasteiger partial charge is 0.337 e. The second kappa shape index (κ2) is 5.07. The van der Waals surface area contributed by atoms with Gasteiger partial charge in [0.05, 0.1) is 0 Å². The smallest absolute Gasteiger partial charge is 0.241 e. The lowest BCUT2D eigenvalue weighted by Gasteiger charge is -2.15. The fourth-order valence-corrected chi connectivity index (χ4v) is 2.59. The van der Waals surface area contributed by atoms with E-state index < -0.39 is 5.38 Å². The van der Waals surface area contributed by atoms with Crippen molar-refractivity contribution in [3.05, 3.63) is 35.9 Å². The van der Waals surface area contributed by atoms with Crippen LogP contribution in [0.15, 0.2) is 30.3 Å². The topological polar surface area (TPSA) is 20.3 Å². The van der Waals surface area contributed by atoms with E-state index in [1.54, 1.807) is 4.90 Å². The van der Waals surface area contributed by atoms with Crippen molar-refractivity contribution in [1.29, 1.82) is 0 Å². The maximum atomic E-state index is 11.8. The van der Waals surface area contributed by atoms with Crippen molar-refractivity contribution in [2.24, 2.45) is 5.92 Å². The van der Waals surface area contributed by atoms with E-state index in [1.807, 2.05) is 30.3 Å². The van der Waals surface area contributed by atoms with Crippen LogP contribution in [0, 0.1) is 5.92 Å². The molecule has 1 saturated heterocycles. The van der Waals surface area contributed by atoms with Crippen molar-refractivity contribution in [1.82, 2.24) is 4.90 Å². The molecule has 2 unspecified atom stereocenters. The summed E-state index contributed by atoms with van der Waals surface area (Å²) < 4.78 is 0. The second-order valence-corrected chi connectivity index (χ2v) is 4.80. The highest BCUT2D eigenvalue weighted by molar-refractivity contribution is 6.32. The van der Waals surface area contributed by atoms with Crippen LogP contribution in [0.25, 0.3) is 0 Å². The quantitative estimate of drug-likeness (QED) is 0.763. The van der Waals surface area contributed by atoms with Gasteiger partial charge in [0, 0.05) is 24.9 Å². The molecule has 86 valence electrons. The Balaban J connectivity index is 2.04. The van der Waals surface area contributed by atoms with Crippen LogP contribution in [-0.4, -0.2) is 28.6 Å². The Bertz CT molecular complexity index is 369. The molecule has 0 bridgehead atoms. The van der Waals surface area contributed by atoms with Crippen molar-refractivity contribution in [3.8, 4) is 0 Å². The number of likely N-dealkylation sites (tertiary alicyclic amines) is 1. The third-order valence-electron chi connectivity index (χ3n) is 2.83. The molecule has 1 aliphatic heterocycles. The molecule has 4 heteroatoms. The van der Waals surface area contributed by atoms with Crippen LogP contribution < -0.4 is 0 Å². The summed E-state index contributed by atoms with van der Waals surface area (Å²) in [5.41, 5.74) is 1.12. The van der Waals surface area contributed by atoms with E-state index in [0.717, 1.165) is 5.56 Å². The molecule has 0 aromatic heterocycles. The minimum Gasteiger partial charge on any atom is -0.337 e. The van der Waals surface area contributed by atoms with Gasteiger partial charge in [0.15, 0.2) is 0 Å². The van der Waals surface area contributed by atoms with E-state index in [9.17, 15) is 4.79 Å². The number of halogens is 2.